The van der Waals surface area contributed by atoms with Crippen molar-refractivity contribution in [1.29, 1.82) is 0 Å². The van der Waals surface area contributed by atoms with Crippen LogP contribution in [0.2, 0.25) is 0 Å². The van der Waals surface area contributed by atoms with E-state index in [2.05, 4.69) is 16.0 Å². The molecule has 0 aromatic heterocycles. The zero-order chi connectivity index (χ0) is 24.3. The van der Waals surface area contributed by atoms with Crippen molar-refractivity contribution in [3.05, 3.63) is 59.7 Å². The number of carbonyl (C=O) groups is 3. The molecule has 0 saturated carbocycles. The summed E-state index contributed by atoms with van der Waals surface area (Å²) in [6.07, 6.45) is 0.359. The summed E-state index contributed by atoms with van der Waals surface area (Å²) in [4.78, 5) is 35.6. The number of benzene rings is 2. The first-order valence-corrected chi connectivity index (χ1v) is 10.9. The van der Waals surface area contributed by atoms with E-state index in [1.54, 1.807) is 32.9 Å². The quantitative estimate of drug-likeness (QED) is 0.471. The first kappa shape index (κ1) is 25.7. The molecule has 0 spiro atoms. The molecule has 0 fully saturated rings. The van der Waals surface area contributed by atoms with Gasteiger partial charge in [-0.25, -0.2) is 4.79 Å². The fraction of sp³-hybridized carbons (Fsp3) is 0.400. The molecule has 0 radical (unpaired) electrons. The van der Waals surface area contributed by atoms with Crippen LogP contribution in [0, 0.1) is 6.92 Å². The predicted molar refractivity (Wildman–Crippen MR) is 127 cm³/mol. The number of carbonyl (C=O) groups excluding carboxylic acids is 3. The second kappa shape index (κ2) is 12.5. The standard InChI is InChI=1S/C25H33N3O5/c1-18-7-13-21(14-8-18)32-15-5-6-22(29)26-16-19-9-11-20(12-10-19)28-23(30)17-27-24(31)33-25(2,3)4/h7-14H,5-6,15-17H2,1-4H3,(H,26,29)(H,27,31)(H,28,30). The number of rotatable bonds is 10. The van der Waals surface area contributed by atoms with Crippen molar-refractivity contribution >= 4 is 23.6 Å². The van der Waals surface area contributed by atoms with E-state index in [1.165, 1.54) is 5.56 Å². The number of amides is 3. The second-order valence-corrected chi connectivity index (χ2v) is 8.64. The van der Waals surface area contributed by atoms with Gasteiger partial charge >= 0.3 is 6.09 Å². The highest BCUT2D eigenvalue weighted by Gasteiger charge is 2.16. The van der Waals surface area contributed by atoms with Gasteiger partial charge in [-0.2, -0.15) is 0 Å². The van der Waals surface area contributed by atoms with Crippen LogP contribution in [0.1, 0.15) is 44.7 Å². The molecule has 2 rings (SSSR count). The lowest BCUT2D eigenvalue weighted by atomic mass is 10.2. The van der Waals surface area contributed by atoms with Gasteiger partial charge in [-0.3, -0.25) is 9.59 Å². The molecule has 178 valence electrons. The lowest BCUT2D eigenvalue weighted by Gasteiger charge is -2.19. The maximum atomic E-state index is 12.0. The van der Waals surface area contributed by atoms with Gasteiger partial charge in [0.25, 0.3) is 0 Å². The summed E-state index contributed by atoms with van der Waals surface area (Å²) >= 11 is 0. The Labute approximate surface area is 195 Å². The highest BCUT2D eigenvalue weighted by molar-refractivity contribution is 5.93. The summed E-state index contributed by atoms with van der Waals surface area (Å²) < 4.78 is 10.7. The van der Waals surface area contributed by atoms with Crippen LogP contribution < -0.4 is 20.7 Å². The highest BCUT2D eigenvalue weighted by atomic mass is 16.6. The number of aryl methyl sites for hydroxylation is 1. The minimum Gasteiger partial charge on any atom is -0.494 e. The normalized spacial score (nSPS) is 10.8. The number of hydrogen-bond donors (Lipinski definition) is 3. The lowest BCUT2D eigenvalue weighted by Crippen LogP contribution is -2.37. The summed E-state index contributed by atoms with van der Waals surface area (Å²) in [6, 6.07) is 14.9. The third-order valence-electron chi connectivity index (χ3n) is 4.36. The monoisotopic (exact) mass is 455 g/mol. The first-order valence-electron chi connectivity index (χ1n) is 10.9. The molecule has 0 unspecified atom stereocenters. The number of nitrogens with one attached hydrogen (secondary N) is 3. The van der Waals surface area contributed by atoms with Gasteiger partial charge in [0.1, 0.15) is 17.9 Å². The second-order valence-electron chi connectivity index (χ2n) is 8.64. The highest BCUT2D eigenvalue weighted by Crippen LogP contribution is 2.12. The van der Waals surface area contributed by atoms with Crippen LogP contribution in [-0.2, 0) is 20.9 Å². The van der Waals surface area contributed by atoms with Gasteiger partial charge in [-0.15, -0.1) is 0 Å². The van der Waals surface area contributed by atoms with E-state index in [0.29, 0.717) is 31.7 Å². The molecular formula is C25H33N3O5. The van der Waals surface area contributed by atoms with Gasteiger partial charge in [0, 0.05) is 18.7 Å². The largest absolute Gasteiger partial charge is 0.494 e. The van der Waals surface area contributed by atoms with Gasteiger partial charge in [-0.1, -0.05) is 29.8 Å². The van der Waals surface area contributed by atoms with Crippen LogP contribution in [0.3, 0.4) is 0 Å². The van der Waals surface area contributed by atoms with Crippen LogP contribution in [0.15, 0.2) is 48.5 Å². The average molecular weight is 456 g/mol. The third-order valence-corrected chi connectivity index (χ3v) is 4.36. The van der Waals surface area contributed by atoms with E-state index >= 15 is 0 Å². The number of ether oxygens (including phenoxy) is 2. The molecule has 0 aliphatic heterocycles. The van der Waals surface area contributed by atoms with Crippen molar-refractivity contribution in [1.82, 2.24) is 10.6 Å². The van der Waals surface area contributed by atoms with E-state index in [0.717, 1.165) is 11.3 Å². The minimum absolute atomic E-state index is 0.0481. The van der Waals surface area contributed by atoms with Crippen molar-refractivity contribution < 1.29 is 23.9 Å². The van der Waals surface area contributed by atoms with Crippen molar-refractivity contribution in [2.24, 2.45) is 0 Å². The zero-order valence-electron chi connectivity index (χ0n) is 19.7. The smallest absolute Gasteiger partial charge is 0.408 e. The molecule has 0 saturated heterocycles. The molecular weight excluding hydrogens is 422 g/mol. The summed E-state index contributed by atoms with van der Waals surface area (Å²) in [5, 5.41) is 7.97. The Hall–Kier alpha value is -3.55. The molecule has 8 nitrogen and oxygen atoms in total. The molecule has 0 aliphatic rings. The molecule has 33 heavy (non-hydrogen) atoms. The summed E-state index contributed by atoms with van der Waals surface area (Å²) in [5.41, 5.74) is 2.05. The van der Waals surface area contributed by atoms with Gasteiger partial charge in [0.2, 0.25) is 11.8 Å². The minimum atomic E-state index is -0.648. The third kappa shape index (κ3) is 11.0. The first-order chi connectivity index (χ1) is 15.6. The molecule has 3 amide bonds. The summed E-state index contributed by atoms with van der Waals surface area (Å²) in [6.45, 7) is 7.94. The van der Waals surface area contributed by atoms with E-state index in [4.69, 9.17) is 9.47 Å². The van der Waals surface area contributed by atoms with Crippen LogP contribution in [0.5, 0.6) is 5.75 Å². The topological polar surface area (TPSA) is 106 Å². The van der Waals surface area contributed by atoms with E-state index in [1.807, 2.05) is 43.3 Å². The maximum Gasteiger partial charge on any atom is 0.408 e. The lowest BCUT2D eigenvalue weighted by molar-refractivity contribution is -0.121. The fourth-order valence-electron chi connectivity index (χ4n) is 2.72. The Bertz CT molecular complexity index is 919. The molecule has 2 aromatic carbocycles. The molecule has 0 aliphatic carbocycles. The number of alkyl carbamates (subject to hydrolysis) is 1. The van der Waals surface area contributed by atoms with Crippen molar-refractivity contribution in [3.8, 4) is 5.75 Å². The van der Waals surface area contributed by atoms with Crippen LogP contribution in [0.25, 0.3) is 0 Å². The molecule has 3 N–H and O–H groups in total. The van der Waals surface area contributed by atoms with Crippen molar-refractivity contribution in [2.75, 3.05) is 18.5 Å². The van der Waals surface area contributed by atoms with Crippen LogP contribution in [-0.4, -0.2) is 36.7 Å². The molecule has 8 heteroatoms. The SMILES string of the molecule is Cc1ccc(OCCCC(=O)NCc2ccc(NC(=O)CNC(=O)OC(C)(C)C)cc2)cc1. The average Bonchev–Trinajstić information content (AvgIpc) is 2.75. The molecule has 0 heterocycles. The van der Waals surface area contributed by atoms with Crippen LogP contribution in [0.4, 0.5) is 10.5 Å². The van der Waals surface area contributed by atoms with Gasteiger partial charge in [0.15, 0.2) is 0 Å². The Balaban J connectivity index is 1.63. The van der Waals surface area contributed by atoms with Crippen LogP contribution >= 0.6 is 0 Å². The molecule has 0 bridgehead atoms. The predicted octanol–water partition coefficient (Wildman–Crippen LogP) is 3.93. The van der Waals surface area contributed by atoms with Gasteiger partial charge in [0.05, 0.1) is 6.61 Å². The maximum absolute atomic E-state index is 12.0. The Kier molecular flexibility index (Phi) is 9.72. The molecule has 2 aromatic rings. The van der Waals surface area contributed by atoms with E-state index in [9.17, 15) is 14.4 Å². The number of anilines is 1. The zero-order valence-corrected chi connectivity index (χ0v) is 19.7. The van der Waals surface area contributed by atoms with E-state index < -0.39 is 11.7 Å². The fourth-order valence-corrected chi connectivity index (χ4v) is 2.72. The van der Waals surface area contributed by atoms with Gasteiger partial charge in [-0.05, 0) is 63.9 Å². The van der Waals surface area contributed by atoms with E-state index in [-0.39, 0.29) is 18.4 Å². The van der Waals surface area contributed by atoms with Crippen molar-refractivity contribution in [3.63, 3.8) is 0 Å². The Morgan fingerprint density at radius 3 is 2.18 bits per heavy atom. The number of hydrogen-bond acceptors (Lipinski definition) is 5. The Morgan fingerprint density at radius 2 is 1.55 bits per heavy atom. The Morgan fingerprint density at radius 1 is 0.879 bits per heavy atom. The summed E-state index contributed by atoms with van der Waals surface area (Å²) in [5.74, 6) is 0.386. The van der Waals surface area contributed by atoms with Crippen molar-refractivity contribution in [2.45, 2.75) is 52.7 Å². The molecule has 0 atom stereocenters. The van der Waals surface area contributed by atoms with Gasteiger partial charge < -0.3 is 25.4 Å². The summed E-state index contributed by atoms with van der Waals surface area (Å²) in [7, 11) is 0.